The number of hydrogen-bond donors (Lipinski definition) is 2. The number of nitrogens with one attached hydrogen (secondary N) is 1. The van der Waals surface area contributed by atoms with Crippen molar-refractivity contribution in [2.24, 2.45) is 5.92 Å². The van der Waals surface area contributed by atoms with E-state index in [-0.39, 0.29) is 6.10 Å². The molecule has 1 aliphatic rings. The van der Waals surface area contributed by atoms with Gasteiger partial charge in [-0.1, -0.05) is 42.5 Å². The number of benzene rings is 1. The van der Waals surface area contributed by atoms with Crippen molar-refractivity contribution < 1.29 is 9.84 Å². The van der Waals surface area contributed by atoms with E-state index in [1.165, 1.54) is 5.56 Å². The Labute approximate surface area is 121 Å². The van der Waals surface area contributed by atoms with Crippen molar-refractivity contribution in [3.05, 3.63) is 48.0 Å². The number of ether oxygens (including phenoxy) is 1. The van der Waals surface area contributed by atoms with Gasteiger partial charge in [0.25, 0.3) is 0 Å². The molecule has 1 aromatic carbocycles. The maximum absolute atomic E-state index is 10.3. The molecule has 3 heteroatoms. The summed E-state index contributed by atoms with van der Waals surface area (Å²) in [5.74, 6) is 0.429. The molecule has 0 heterocycles. The number of aliphatic hydroxyl groups excluding tert-OH is 1. The van der Waals surface area contributed by atoms with Crippen molar-refractivity contribution >= 4 is 0 Å². The summed E-state index contributed by atoms with van der Waals surface area (Å²) >= 11 is 0. The van der Waals surface area contributed by atoms with E-state index in [2.05, 4.69) is 29.6 Å². The monoisotopic (exact) mass is 275 g/mol. The molecule has 0 saturated carbocycles. The van der Waals surface area contributed by atoms with Gasteiger partial charge in [-0.25, -0.2) is 0 Å². The second kappa shape index (κ2) is 8.20. The zero-order valence-electron chi connectivity index (χ0n) is 12.2. The first-order chi connectivity index (χ1) is 9.81. The summed E-state index contributed by atoms with van der Waals surface area (Å²) in [6.45, 7) is 1.34. The zero-order valence-corrected chi connectivity index (χ0v) is 12.2. The van der Waals surface area contributed by atoms with E-state index in [9.17, 15) is 5.11 Å². The highest BCUT2D eigenvalue weighted by Crippen LogP contribution is 2.25. The zero-order chi connectivity index (χ0) is 14.2. The van der Waals surface area contributed by atoms with Gasteiger partial charge in [-0.15, -0.1) is 0 Å². The van der Waals surface area contributed by atoms with Gasteiger partial charge in [0, 0.05) is 20.2 Å². The molecule has 1 aromatic rings. The minimum atomic E-state index is -0.458. The van der Waals surface area contributed by atoms with Gasteiger partial charge in [-0.2, -0.15) is 0 Å². The molecule has 3 unspecified atom stereocenters. The molecule has 0 aromatic heterocycles. The van der Waals surface area contributed by atoms with Crippen molar-refractivity contribution in [3.63, 3.8) is 0 Å². The highest BCUT2D eigenvalue weighted by molar-refractivity contribution is 5.14. The van der Waals surface area contributed by atoms with E-state index >= 15 is 0 Å². The number of methoxy groups -OCH3 is 1. The van der Waals surface area contributed by atoms with Crippen LogP contribution in [-0.4, -0.2) is 31.0 Å². The van der Waals surface area contributed by atoms with Crippen LogP contribution >= 0.6 is 0 Å². The summed E-state index contributed by atoms with van der Waals surface area (Å²) in [6.07, 6.45) is 7.07. The molecule has 0 amide bonds. The Balaban J connectivity index is 1.77. The Morgan fingerprint density at radius 1 is 1.30 bits per heavy atom. The van der Waals surface area contributed by atoms with Crippen molar-refractivity contribution in [2.75, 3.05) is 13.7 Å². The molecule has 20 heavy (non-hydrogen) atoms. The van der Waals surface area contributed by atoms with Gasteiger partial charge in [-0.05, 0) is 30.7 Å². The van der Waals surface area contributed by atoms with Gasteiger partial charge in [0.05, 0.1) is 12.2 Å². The number of rotatable bonds is 7. The van der Waals surface area contributed by atoms with Crippen LogP contribution in [0.3, 0.4) is 0 Å². The lowest BCUT2D eigenvalue weighted by molar-refractivity contribution is -0.0467. The van der Waals surface area contributed by atoms with Crippen LogP contribution in [0.5, 0.6) is 0 Å². The summed E-state index contributed by atoms with van der Waals surface area (Å²) in [6, 6.07) is 10.2. The van der Waals surface area contributed by atoms with Gasteiger partial charge in [0.1, 0.15) is 0 Å². The highest BCUT2D eigenvalue weighted by atomic mass is 16.5. The third kappa shape index (κ3) is 4.44. The fourth-order valence-electron chi connectivity index (χ4n) is 2.86. The van der Waals surface area contributed by atoms with Gasteiger partial charge >= 0.3 is 0 Å². The van der Waals surface area contributed by atoms with E-state index in [1.54, 1.807) is 7.11 Å². The maximum atomic E-state index is 10.3. The first-order valence-corrected chi connectivity index (χ1v) is 7.41. The van der Waals surface area contributed by atoms with Gasteiger partial charge < -0.3 is 15.2 Å². The molecule has 0 spiro atoms. The lowest BCUT2D eigenvalue weighted by atomic mass is 9.86. The second-order valence-corrected chi connectivity index (χ2v) is 5.43. The van der Waals surface area contributed by atoms with Crippen LogP contribution < -0.4 is 5.32 Å². The normalized spacial score (nSPS) is 21.6. The summed E-state index contributed by atoms with van der Waals surface area (Å²) in [5.41, 5.74) is 1.23. The number of hydrogen-bond acceptors (Lipinski definition) is 3. The largest absolute Gasteiger partial charge is 0.389 e. The van der Waals surface area contributed by atoms with Gasteiger partial charge in [-0.3, -0.25) is 0 Å². The van der Waals surface area contributed by atoms with Crippen LogP contribution in [0.1, 0.15) is 24.8 Å². The maximum Gasteiger partial charge on any atom is 0.0928 e. The molecule has 0 saturated heterocycles. The molecule has 0 fully saturated rings. The van der Waals surface area contributed by atoms with Crippen molar-refractivity contribution in [3.8, 4) is 0 Å². The van der Waals surface area contributed by atoms with E-state index in [0.29, 0.717) is 12.5 Å². The molecule has 2 N–H and O–H groups in total. The average Bonchev–Trinajstić information content (AvgIpc) is 2.50. The van der Waals surface area contributed by atoms with Crippen LogP contribution in [0.4, 0.5) is 0 Å². The van der Waals surface area contributed by atoms with Crippen LogP contribution in [0.2, 0.25) is 0 Å². The molecular weight excluding hydrogens is 250 g/mol. The van der Waals surface area contributed by atoms with E-state index in [0.717, 1.165) is 25.8 Å². The molecule has 3 nitrogen and oxygen atoms in total. The molecule has 1 aliphatic carbocycles. The van der Waals surface area contributed by atoms with Gasteiger partial charge in [0.2, 0.25) is 0 Å². The molecule has 2 rings (SSSR count). The van der Waals surface area contributed by atoms with Crippen LogP contribution in [0.25, 0.3) is 0 Å². The topological polar surface area (TPSA) is 41.5 Å². The SMILES string of the molecule is COC(C(O)CNCc1ccccc1)C1CC=CCC1. The molecule has 0 bridgehead atoms. The molecular formula is C17H25NO2. The fraction of sp³-hybridized carbons (Fsp3) is 0.529. The predicted molar refractivity (Wildman–Crippen MR) is 81.4 cm³/mol. The molecule has 0 aliphatic heterocycles. The van der Waals surface area contributed by atoms with E-state index in [1.807, 2.05) is 18.2 Å². The van der Waals surface area contributed by atoms with Crippen molar-refractivity contribution in [1.82, 2.24) is 5.32 Å². The van der Waals surface area contributed by atoms with Crippen LogP contribution in [0.15, 0.2) is 42.5 Å². The van der Waals surface area contributed by atoms with Crippen molar-refractivity contribution in [1.29, 1.82) is 0 Å². The van der Waals surface area contributed by atoms with Crippen LogP contribution in [-0.2, 0) is 11.3 Å². The fourth-order valence-corrected chi connectivity index (χ4v) is 2.86. The Morgan fingerprint density at radius 3 is 2.75 bits per heavy atom. The van der Waals surface area contributed by atoms with Crippen molar-refractivity contribution in [2.45, 2.75) is 38.0 Å². The van der Waals surface area contributed by atoms with Gasteiger partial charge in [0.15, 0.2) is 0 Å². The highest BCUT2D eigenvalue weighted by Gasteiger charge is 2.27. The lowest BCUT2D eigenvalue weighted by Crippen LogP contribution is -2.42. The quantitative estimate of drug-likeness (QED) is 0.751. The third-order valence-electron chi connectivity index (χ3n) is 3.95. The summed E-state index contributed by atoms with van der Waals surface area (Å²) in [7, 11) is 1.70. The Bertz CT molecular complexity index is 405. The molecule has 110 valence electrons. The third-order valence-corrected chi connectivity index (χ3v) is 3.95. The Kier molecular flexibility index (Phi) is 6.25. The Morgan fingerprint density at radius 2 is 2.10 bits per heavy atom. The summed E-state index contributed by atoms with van der Waals surface area (Å²) < 4.78 is 5.53. The van der Waals surface area contributed by atoms with Crippen LogP contribution in [0, 0.1) is 5.92 Å². The predicted octanol–water partition coefficient (Wildman–Crippen LogP) is 2.51. The Hall–Kier alpha value is -1.16. The first-order valence-electron chi connectivity index (χ1n) is 7.41. The molecule has 3 atom stereocenters. The van der Waals surface area contributed by atoms with E-state index in [4.69, 9.17) is 4.74 Å². The number of allylic oxidation sites excluding steroid dienone is 2. The summed E-state index contributed by atoms with van der Waals surface area (Å²) in [5, 5.41) is 13.6. The first kappa shape index (κ1) is 15.2. The average molecular weight is 275 g/mol. The number of aliphatic hydroxyl groups is 1. The van der Waals surface area contributed by atoms with E-state index < -0.39 is 6.10 Å². The minimum Gasteiger partial charge on any atom is -0.389 e. The second-order valence-electron chi connectivity index (χ2n) is 5.43. The molecule has 0 radical (unpaired) electrons. The lowest BCUT2D eigenvalue weighted by Gasteiger charge is -2.30. The standard InChI is InChI=1S/C17H25NO2/c1-20-17(15-10-6-3-7-11-15)16(19)13-18-12-14-8-4-2-5-9-14/h2-6,8-9,15-19H,7,10-13H2,1H3. The smallest absolute Gasteiger partial charge is 0.0928 e. The minimum absolute atomic E-state index is 0.0803. The summed E-state index contributed by atoms with van der Waals surface area (Å²) in [4.78, 5) is 0.